The highest BCUT2D eigenvalue weighted by Crippen LogP contribution is 2.54. The van der Waals surface area contributed by atoms with Crippen molar-refractivity contribution >= 4 is 22.9 Å². The van der Waals surface area contributed by atoms with Crippen LogP contribution in [0.5, 0.6) is 0 Å². The molecular weight excluding hydrogens is 446 g/mol. The van der Waals surface area contributed by atoms with Crippen molar-refractivity contribution in [2.45, 2.75) is 69.2 Å². The fraction of sp³-hybridized carbons (Fsp3) is 0.714. The zero-order valence-corrected chi connectivity index (χ0v) is 19.0. The number of halogens is 3. The molecule has 1 unspecified atom stereocenters. The van der Waals surface area contributed by atoms with Crippen molar-refractivity contribution in [3.8, 4) is 0 Å². The van der Waals surface area contributed by atoms with Gasteiger partial charge in [-0.05, 0) is 44.6 Å². The molecule has 10 heteroatoms. The van der Waals surface area contributed by atoms with Crippen molar-refractivity contribution in [1.82, 2.24) is 20.3 Å². The smallest absolute Gasteiger partial charge is 0.297 e. The summed E-state index contributed by atoms with van der Waals surface area (Å²) >= 11 is 7.36. The van der Waals surface area contributed by atoms with Crippen LogP contribution in [0.1, 0.15) is 61.2 Å². The first-order valence-electron chi connectivity index (χ1n) is 10.9. The standard InChI is InChI=1S/C21H27ClF2N4O2S/c1-13-8-20(19-15(7-18(22)31-19)21(23,24)12-30-20)9-16(25-13)17-10-28(27-26-17)5-4-14-3-2-6-29-11-14/h7,10,13-14,16,25H,2-6,8-9,11-12H2,1H3/t13-,14?,16-,20-/m0/s1. The summed E-state index contributed by atoms with van der Waals surface area (Å²) in [6.45, 7) is 3.90. The Morgan fingerprint density at radius 2 is 2.26 bits per heavy atom. The normalized spacial score (nSPS) is 32.8. The zero-order chi connectivity index (χ0) is 21.6. The molecule has 2 saturated heterocycles. The van der Waals surface area contributed by atoms with Crippen LogP contribution in [0.3, 0.4) is 0 Å². The lowest BCUT2D eigenvalue weighted by atomic mass is 9.78. The van der Waals surface area contributed by atoms with Gasteiger partial charge < -0.3 is 14.8 Å². The summed E-state index contributed by atoms with van der Waals surface area (Å²) in [7, 11) is 0. The zero-order valence-electron chi connectivity index (χ0n) is 17.5. The summed E-state index contributed by atoms with van der Waals surface area (Å²) in [6.07, 6.45) is 6.42. The highest BCUT2D eigenvalue weighted by Gasteiger charge is 2.53. The summed E-state index contributed by atoms with van der Waals surface area (Å²) in [6, 6.07) is 1.35. The van der Waals surface area contributed by atoms with Gasteiger partial charge in [-0.3, -0.25) is 4.68 Å². The number of hydrogen-bond donors (Lipinski definition) is 1. The molecule has 31 heavy (non-hydrogen) atoms. The number of aryl methyl sites for hydroxylation is 1. The van der Waals surface area contributed by atoms with Crippen LogP contribution < -0.4 is 5.32 Å². The molecule has 1 N–H and O–H groups in total. The number of piperidine rings is 1. The molecule has 2 fully saturated rings. The van der Waals surface area contributed by atoms with Crippen molar-refractivity contribution in [2.75, 3.05) is 19.8 Å². The molecule has 3 aliphatic heterocycles. The Labute approximate surface area is 189 Å². The first kappa shape index (κ1) is 21.7. The number of nitrogens with zero attached hydrogens (tertiary/aromatic N) is 3. The van der Waals surface area contributed by atoms with Gasteiger partial charge in [0.15, 0.2) is 0 Å². The molecule has 0 radical (unpaired) electrons. The maximum absolute atomic E-state index is 14.5. The first-order valence-corrected chi connectivity index (χ1v) is 12.1. The largest absolute Gasteiger partial charge is 0.381 e. The second-order valence-electron chi connectivity index (χ2n) is 9.09. The molecule has 0 bridgehead atoms. The minimum absolute atomic E-state index is 0.0138. The number of thiophene rings is 1. The van der Waals surface area contributed by atoms with Crippen LogP contribution in [0, 0.1) is 5.92 Å². The third-order valence-corrected chi connectivity index (χ3v) is 8.08. The second kappa shape index (κ2) is 8.33. The van der Waals surface area contributed by atoms with Gasteiger partial charge in [-0.25, -0.2) is 0 Å². The molecule has 2 aromatic heterocycles. The van der Waals surface area contributed by atoms with Crippen LogP contribution in [0.4, 0.5) is 8.78 Å². The average molecular weight is 473 g/mol. The molecule has 1 spiro atoms. The Kier molecular flexibility index (Phi) is 5.83. The van der Waals surface area contributed by atoms with E-state index in [2.05, 4.69) is 15.6 Å². The molecular formula is C21H27ClF2N4O2S. The summed E-state index contributed by atoms with van der Waals surface area (Å²) < 4.78 is 42.7. The third-order valence-electron chi connectivity index (χ3n) is 6.63. The number of alkyl halides is 2. The van der Waals surface area contributed by atoms with E-state index in [1.54, 1.807) is 0 Å². The van der Waals surface area contributed by atoms with Gasteiger partial charge in [0, 0.05) is 42.7 Å². The van der Waals surface area contributed by atoms with E-state index in [9.17, 15) is 8.78 Å². The molecule has 0 aliphatic carbocycles. The Hall–Kier alpha value is -1.13. The number of aromatic nitrogens is 3. The average Bonchev–Trinajstić information content (AvgIpc) is 3.38. The molecule has 2 aromatic rings. The second-order valence-corrected chi connectivity index (χ2v) is 10.8. The number of nitrogens with one attached hydrogen (secondary N) is 1. The quantitative estimate of drug-likeness (QED) is 0.702. The summed E-state index contributed by atoms with van der Waals surface area (Å²) in [5, 5.41) is 12.3. The SMILES string of the molecule is C[C@H]1C[C@@]2(C[C@@H](c3cn(CCC4CCCOC4)nn3)N1)OCC(F)(F)c1cc(Cl)sc12. The molecule has 3 aliphatic rings. The van der Waals surface area contributed by atoms with Gasteiger partial charge >= 0.3 is 0 Å². The Balaban J connectivity index is 1.34. The lowest BCUT2D eigenvalue weighted by molar-refractivity contribution is -0.183. The van der Waals surface area contributed by atoms with Crippen LogP contribution in [0.15, 0.2) is 12.3 Å². The molecule has 6 nitrogen and oxygen atoms in total. The van der Waals surface area contributed by atoms with E-state index in [-0.39, 0.29) is 17.6 Å². The van der Waals surface area contributed by atoms with E-state index in [0.717, 1.165) is 38.3 Å². The van der Waals surface area contributed by atoms with E-state index < -0.39 is 18.1 Å². The van der Waals surface area contributed by atoms with Gasteiger partial charge in [0.1, 0.15) is 12.2 Å². The van der Waals surface area contributed by atoms with Gasteiger partial charge in [-0.15, -0.1) is 16.4 Å². The number of fused-ring (bicyclic) bond motifs is 2. The summed E-state index contributed by atoms with van der Waals surface area (Å²) in [5.74, 6) is -2.45. The monoisotopic (exact) mass is 472 g/mol. The molecule has 4 atom stereocenters. The van der Waals surface area contributed by atoms with E-state index in [4.69, 9.17) is 21.1 Å². The van der Waals surface area contributed by atoms with Gasteiger partial charge in [-0.1, -0.05) is 16.8 Å². The van der Waals surface area contributed by atoms with Gasteiger partial charge in [0.05, 0.1) is 22.3 Å². The maximum Gasteiger partial charge on any atom is 0.297 e. The summed E-state index contributed by atoms with van der Waals surface area (Å²) in [5.41, 5.74) is 0.0452. The van der Waals surface area contributed by atoms with E-state index in [0.29, 0.717) is 28.0 Å². The topological polar surface area (TPSA) is 61.2 Å². The minimum atomic E-state index is -3.01. The van der Waals surface area contributed by atoms with E-state index >= 15 is 0 Å². The van der Waals surface area contributed by atoms with Gasteiger partial charge in [0.2, 0.25) is 0 Å². The van der Waals surface area contributed by atoms with Crippen LogP contribution in [0.25, 0.3) is 0 Å². The van der Waals surface area contributed by atoms with Crippen LogP contribution >= 0.6 is 22.9 Å². The van der Waals surface area contributed by atoms with E-state index in [1.165, 1.54) is 23.8 Å². The van der Waals surface area contributed by atoms with Crippen LogP contribution in [0.2, 0.25) is 4.34 Å². The number of hydrogen-bond acceptors (Lipinski definition) is 6. The minimum Gasteiger partial charge on any atom is -0.381 e. The Morgan fingerprint density at radius 1 is 1.39 bits per heavy atom. The predicted molar refractivity (Wildman–Crippen MR) is 114 cm³/mol. The maximum atomic E-state index is 14.5. The number of ether oxygens (including phenoxy) is 2. The highest BCUT2D eigenvalue weighted by molar-refractivity contribution is 7.16. The first-order chi connectivity index (χ1) is 14.8. The van der Waals surface area contributed by atoms with Gasteiger partial charge in [0.25, 0.3) is 5.92 Å². The fourth-order valence-corrected chi connectivity index (χ4v) is 6.58. The molecule has 0 saturated carbocycles. The fourth-order valence-electron chi connectivity index (χ4n) is 5.14. The summed E-state index contributed by atoms with van der Waals surface area (Å²) in [4.78, 5) is 0.553. The predicted octanol–water partition coefficient (Wildman–Crippen LogP) is 4.64. The Morgan fingerprint density at radius 3 is 3.06 bits per heavy atom. The van der Waals surface area contributed by atoms with Crippen molar-refractivity contribution in [2.24, 2.45) is 5.92 Å². The molecule has 5 rings (SSSR count). The lowest BCUT2D eigenvalue weighted by Gasteiger charge is -2.47. The molecule has 0 aromatic carbocycles. The van der Waals surface area contributed by atoms with Crippen molar-refractivity contribution in [3.05, 3.63) is 32.7 Å². The van der Waals surface area contributed by atoms with E-state index in [1.807, 2.05) is 17.8 Å². The van der Waals surface area contributed by atoms with Crippen LogP contribution in [-0.2, 0) is 27.5 Å². The lowest BCUT2D eigenvalue weighted by Crippen LogP contribution is -2.51. The van der Waals surface area contributed by atoms with Crippen LogP contribution in [-0.4, -0.2) is 40.9 Å². The van der Waals surface area contributed by atoms with Crippen molar-refractivity contribution in [3.63, 3.8) is 0 Å². The van der Waals surface area contributed by atoms with Crippen molar-refractivity contribution < 1.29 is 18.3 Å². The van der Waals surface area contributed by atoms with Crippen molar-refractivity contribution in [1.29, 1.82) is 0 Å². The molecule has 5 heterocycles. The third kappa shape index (κ3) is 4.27. The highest BCUT2D eigenvalue weighted by atomic mass is 35.5. The number of rotatable bonds is 4. The molecule has 170 valence electrons. The molecule has 0 amide bonds. The Bertz CT molecular complexity index is 932. The van der Waals surface area contributed by atoms with Gasteiger partial charge in [-0.2, -0.15) is 8.78 Å².